The van der Waals surface area contributed by atoms with E-state index >= 15 is 0 Å². The Hall–Kier alpha value is -2.02. The number of nitrogens with zero attached hydrogens (tertiary/aromatic N) is 1. The minimum atomic E-state index is -0.914. The molecular weight excluding hydrogens is 340 g/mol. The van der Waals surface area contributed by atoms with Crippen LogP contribution in [-0.2, 0) is 9.59 Å². The number of likely N-dealkylation sites (tertiary alicyclic amines) is 1. The Morgan fingerprint density at radius 1 is 1.32 bits per heavy atom. The molecule has 0 aromatic heterocycles. The van der Waals surface area contributed by atoms with E-state index in [1.165, 1.54) is 0 Å². The molecule has 0 radical (unpaired) electrons. The van der Waals surface area contributed by atoms with Crippen LogP contribution in [0, 0.1) is 5.41 Å². The maximum atomic E-state index is 12.8. The van der Waals surface area contributed by atoms with E-state index in [9.17, 15) is 19.5 Å². The minimum absolute atomic E-state index is 0.179. The summed E-state index contributed by atoms with van der Waals surface area (Å²) in [5.41, 5.74) is -0.412. The fourth-order valence-electron chi connectivity index (χ4n) is 2.87. The zero-order valence-electron chi connectivity index (χ0n) is 14.5. The van der Waals surface area contributed by atoms with Crippen LogP contribution >= 0.6 is 11.8 Å². The van der Waals surface area contributed by atoms with Crippen LogP contribution in [0.5, 0.6) is 0 Å². The van der Waals surface area contributed by atoms with Crippen LogP contribution in [0.15, 0.2) is 30.3 Å². The minimum Gasteiger partial charge on any atom is -0.481 e. The van der Waals surface area contributed by atoms with Gasteiger partial charge in [0.1, 0.15) is 6.04 Å². The smallest absolute Gasteiger partial charge is 0.311 e. The molecule has 7 heteroatoms. The van der Waals surface area contributed by atoms with Crippen LogP contribution in [0.25, 0.3) is 0 Å². The molecule has 1 aliphatic heterocycles. The lowest BCUT2D eigenvalue weighted by Gasteiger charge is -2.25. The van der Waals surface area contributed by atoms with E-state index in [0.29, 0.717) is 24.9 Å². The molecule has 1 heterocycles. The SMILES string of the molecule is CSCCC(NC(=O)c1ccccc1)C(=O)N1CCC(C)(C(=O)O)C1. The Kier molecular flexibility index (Phi) is 6.47. The number of carboxylic acid groups (broad SMARTS) is 1. The van der Waals surface area contributed by atoms with Gasteiger partial charge in [0, 0.05) is 18.7 Å². The second kappa shape index (κ2) is 8.38. The fraction of sp³-hybridized carbons (Fsp3) is 0.500. The average Bonchev–Trinajstić information content (AvgIpc) is 3.02. The van der Waals surface area contributed by atoms with Crippen molar-refractivity contribution >= 4 is 29.5 Å². The van der Waals surface area contributed by atoms with Gasteiger partial charge in [-0.1, -0.05) is 18.2 Å². The summed E-state index contributed by atoms with van der Waals surface area (Å²) >= 11 is 1.60. The predicted molar refractivity (Wildman–Crippen MR) is 97.6 cm³/mol. The lowest BCUT2D eigenvalue weighted by molar-refractivity contribution is -0.147. The highest BCUT2D eigenvalue weighted by atomic mass is 32.2. The normalized spacial score (nSPS) is 21.0. The summed E-state index contributed by atoms with van der Waals surface area (Å²) in [6.07, 6.45) is 2.88. The molecule has 2 N–H and O–H groups in total. The molecule has 2 rings (SSSR count). The van der Waals surface area contributed by atoms with Gasteiger partial charge >= 0.3 is 5.97 Å². The van der Waals surface area contributed by atoms with E-state index in [-0.39, 0.29) is 18.4 Å². The first-order valence-corrected chi connectivity index (χ1v) is 9.64. The van der Waals surface area contributed by atoms with Gasteiger partial charge in [0.15, 0.2) is 0 Å². The molecule has 1 aliphatic rings. The van der Waals surface area contributed by atoms with Crippen LogP contribution in [0.1, 0.15) is 30.1 Å². The Labute approximate surface area is 152 Å². The topological polar surface area (TPSA) is 86.7 Å². The van der Waals surface area contributed by atoms with Gasteiger partial charge in [-0.25, -0.2) is 0 Å². The van der Waals surface area contributed by atoms with Gasteiger partial charge in [-0.15, -0.1) is 0 Å². The van der Waals surface area contributed by atoms with Gasteiger partial charge in [0.25, 0.3) is 5.91 Å². The van der Waals surface area contributed by atoms with Gasteiger partial charge in [-0.3, -0.25) is 14.4 Å². The van der Waals surface area contributed by atoms with Gasteiger partial charge < -0.3 is 15.3 Å². The van der Waals surface area contributed by atoms with E-state index in [1.807, 2.05) is 12.3 Å². The fourth-order valence-corrected chi connectivity index (χ4v) is 3.34. The van der Waals surface area contributed by atoms with Crippen molar-refractivity contribution in [2.75, 3.05) is 25.1 Å². The summed E-state index contributed by atoms with van der Waals surface area (Å²) in [5.74, 6) is -0.657. The second-order valence-corrected chi connectivity index (χ2v) is 7.53. The molecule has 0 spiro atoms. The maximum Gasteiger partial charge on any atom is 0.311 e. The van der Waals surface area contributed by atoms with E-state index in [1.54, 1.807) is 47.9 Å². The van der Waals surface area contributed by atoms with Crippen LogP contribution in [-0.4, -0.2) is 58.9 Å². The second-order valence-electron chi connectivity index (χ2n) is 6.55. The number of rotatable bonds is 7. The van der Waals surface area contributed by atoms with E-state index in [0.717, 1.165) is 5.75 Å². The van der Waals surface area contributed by atoms with Crippen molar-refractivity contribution in [2.24, 2.45) is 5.41 Å². The van der Waals surface area contributed by atoms with E-state index in [4.69, 9.17) is 0 Å². The lowest BCUT2D eigenvalue weighted by Crippen LogP contribution is -2.49. The summed E-state index contributed by atoms with van der Waals surface area (Å²) in [6.45, 7) is 2.23. The molecule has 0 aliphatic carbocycles. The zero-order chi connectivity index (χ0) is 18.4. The molecule has 2 amide bonds. The lowest BCUT2D eigenvalue weighted by atomic mass is 9.90. The maximum absolute atomic E-state index is 12.8. The van der Waals surface area contributed by atoms with Crippen molar-refractivity contribution in [3.8, 4) is 0 Å². The molecule has 136 valence electrons. The van der Waals surface area contributed by atoms with Crippen molar-refractivity contribution in [3.05, 3.63) is 35.9 Å². The Bertz CT molecular complexity index is 637. The van der Waals surface area contributed by atoms with Crippen molar-refractivity contribution in [1.82, 2.24) is 10.2 Å². The zero-order valence-corrected chi connectivity index (χ0v) is 15.3. The summed E-state index contributed by atoms with van der Waals surface area (Å²) in [6, 6.07) is 8.12. The molecule has 1 aromatic carbocycles. The molecule has 0 bridgehead atoms. The summed E-state index contributed by atoms with van der Waals surface area (Å²) in [7, 11) is 0. The molecule has 0 saturated carbocycles. The number of carbonyl (C=O) groups excluding carboxylic acids is 2. The monoisotopic (exact) mass is 364 g/mol. The molecule has 2 atom stereocenters. The summed E-state index contributed by atoms with van der Waals surface area (Å²) in [4.78, 5) is 38.2. The molecule has 1 aromatic rings. The number of hydrogen-bond acceptors (Lipinski definition) is 4. The molecule has 6 nitrogen and oxygen atoms in total. The van der Waals surface area contributed by atoms with E-state index < -0.39 is 17.4 Å². The van der Waals surface area contributed by atoms with Crippen LogP contribution in [0.4, 0.5) is 0 Å². The van der Waals surface area contributed by atoms with Crippen LogP contribution < -0.4 is 5.32 Å². The quantitative estimate of drug-likeness (QED) is 0.771. The Morgan fingerprint density at radius 3 is 2.56 bits per heavy atom. The first-order valence-electron chi connectivity index (χ1n) is 8.24. The van der Waals surface area contributed by atoms with Crippen molar-refractivity contribution in [1.29, 1.82) is 0 Å². The highest BCUT2D eigenvalue weighted by Gasteiger charge is 2.43. The summed E-state index contributed by atoms with van der Waals surface area (Å²) in [5, 5.41) is 12.1. The number of hydrogen-bond donors (Lipinski definition) is 2. The average molecular weight is 364 g/mol. The highest BCUT2D eigenvalue weighted by molar-refractivity contribution is 7.98. The predicted octanol–water partition coefficient (Wildman–Crippen LogP) is 1.86. The van der Waals surface area contributed by atoms with E-state index in [2.05, 4.69) is 5.32 Å². The molecular formula is C18H24N2O4S. The number of carbonyl (C=O) groups is 3. The van der Waals surface area contributed by atoms with Gasteiger partial charge in [-0.05, 0) is 43.9 Å². The van der Waals surface area contributed by atoms with Crippen LogP contribution in [0.2, 0.25) is 0 Å². The first kappa shape index (κ1) is 19.3. The van der Waals surface area contributed by atoms with Crippen molar-refractivity contribution in [3.63, 3.8) is 0 Å². The molecule has 1 saturated heterocycles. The molecule has 1 fully saturated rings. The number of amides is 2. The van der Waals surface area contributed by atoms with Gasteiger partial charge in [0.05, 0.1) is 5.41 Å². The highest BCUT2D eigenvalue weighted by Crippen LogP contribution is 2.30. The molecule has 2 unspecified atom stereocenters. The Morgan fingerprint density at radius 2 is 2.00 bits per heavy atom. The largest absolute Gasteiger partial charge is 0.481 e. The summed E-state index contributed by atoms with van der Waals surface area (Å²) < 4.78 is 0. The number of thioether (sulfide) groups is 1. The van der Waals surface area contributed by atoms with Crippen molar-refractivity contribution < 1.29 is 19.5 Å². The Balaban J connectivity index is 2.07. The first-order chi connectivity index (χ1) is 11.9. The number of benzene rings is 1. The third kappa shape index (κ3) is 4.75. The number of nitrogens with one attached hydrogen (secondary N) is 1. The van der Waals surface area contributed by atoms with Crippen LogP contribution in [0.3, 0.4) is 0 Å². The molecule has 25 heavy (non-hydrogen) atoms. The van der Waals surface area contributed by atoms with Gasteiger partial charge in [0.2, 0.25) is 5.91 Å². The third-order valence-corrected chi connectivity index (χ3v) is 5.20. The third-order valence-electron chi connectivity index (χ3n) is 4.55. The number of aliphatic carboxylic acids is 1. The van der Waals surface area contributed by atoms with Crippen molar-refractivity contribution in [2.45, 2.75) is 25.8 Å². The van der Waals surface area contributed by atoms with Gasteiger partial charge in [-0.2, -0.15) is 11.8 Å². The number of carboxylic acids is 1. The standard InChI is InChI=1S/C18H24N2O4S/c1-18(17(23)24)9-10-20(12-18)16(22)14(8-11-25-2)19-15(21)13-6-4-3-5-7-13/h3-7,14H,8-12H2,1-2H3,(H,19,21)(H,23,24).